The van der Waals surface area contributed by atoms with Gasteiger partial charge < -0.3 is 15.1 Å². The zero-order chi connectivity index (χ0) is 13.4. The van der Waals surface area contributed by atoms with Crippen LogP contribution in [-0.2, 0) is 4.79 Å². The molecule has 1 aliphatic heterocycles. The lowest BCUT2D eigenvalue weighted by molar-refractivity contribution is -0.130. The summed E-state index contributed by atoms with van der Waals surface area (Å²) in [7, 11) is 1.92. The van der Waals surface area contributed by atoms with Crippen LogP contribution in [0, 0.1) is 0 Å². The van der Waals surface area contributed by atoms with E-state index in [0.29, 0.717) is 12.5 Å². The molecule has 18 heavy (non-hydrogen) atoms. The summed E-state index contributed by atoms with van der Waals surface area (Å²) in [4.78, 5) is 16.2. The third-order valence-corrected chi connectivity index (χ3v) is 3.50. The Hall–Kier alpha value is -0.610. The van der Waals surface area contributed by atoms with Gasteiger partial charge in [-0.05, 0) is 38.9 Å². The first-order valence-corrected chi connectivity index (χ1v) is 7.29. The Balaban J connectivity index is 2.04. The molecule has 1 rings (SSSR count). The van der Waals surface area contributed by atoms with Gasteiger partial charge in [-0.25, -0.2) is 0 Å². The third kappa shape index (κ3) is 6.36. The van der Waals surface area contributed by atoms with Crippen molar-refractivity contribution in [3.8, 4) is 0 Å². The zero-order valence-corrected chi connectivity index (χ0v) is 12.2. The zero-order valence-electron chi connectivity index (χ0n) is 12.2. The maximum Gasteiger partial charge on any atom is 0.222 e. The average molecular weight is 255 g/mol. The minimum Gasteiger partial charge on any atom is -0.344 e. The summed E-state index contributed by atoms with van der Waals surface area (Å²) in [5.41, 5.74) is 0. The molecular weight excluding hydrogens is 226 g/mol. The van der Waals surface area contributed by atoms with E-state index in [-0.39, 0.29) is 5.91 Å². The van der Waals surface area contributed by atoms with E-state index >= 15 is 0 Å². The van der Waals surface area contributed by atoms with Crippen LogP contribution in [0.1, 0.15) is 39.5 Å². The van der Waals surface area contributed by atoms with Crippen LogP contribution >= 0.6 is 0 Å². The van der Waals surface area contributed by atoms with Crippen LogP contribution in [0.25, 0.3) is 0 Å². The van der Waals surface area contributed by atoms with Gasteiger partial charge in [-0.15, -0.1) is 0 Å². The Kier molecular flexibility index (Phi) is 7.28. The van der Waals surface area contributed by atoms with E-state index in [1.165, 1.54) is 25.9 Å². The highest BCUT2D eigenvalue weighted by Crippen LogP contribution is 2.06. The molecule has 0 aromatic heterocycles. The fraction of sp³-hybridized carbons (Fsp3) is 0.929. The van der Waals surface area contributed by atoms with Crippen molar-refractivity contribution >= 4 is 5.91 Å². The second-order valence-electron chi connectivity index (χ2n) is 5.58. The van der Waals surface area contributed by atoms with Gasteiger partial charge in [0.15, 0.2) is 0 Å². The van der Waals surface area contributed by atoms with Crippen LogP contribution < -0.4 is 5.32 Å². The number of nitrogens with one attached hydrogen (secondary N) is 1. The van der Waals surface area contributed by atoms with Crippen molar-refractivity contribution in [1.29, 1.82) is 0 Å². The molecule has 0 saturated carbocycles. The van der Waals surface area contributed by atoms with Gasteiger partial charge in [-0.1, -0.05) is 13.8 Å². The van der Waals surface area contributed by atoms with Crippen molar-refractivity contribution in [2.24, 2.45) is 0 Å². The number of amides is 1. The van der Waals surface area contributed by atoms with E-state index in [2.05, 4.69) is 24.1 Å². The van der Waals surface area contributed by atoms with Crippen molar-refractivity contribution < 1.29 is 4.79 Å². The highest BCUT2D eigenvalue weighted by Gasteiger charge is 2.13. The fourth-order valence-electron chi connectivity index (χ4n) is 2.24. The molecule has 1 N–H and O–H groups in total. The lowest BCUT2D eigenvalue weighted by Crippen LogP contribution is -2.35. The number of likely N-dealkylation sites (N-methyl/N-ethyl adjacent to an activating group) is 1. The molecule has 0 bridgehead atoms. The maximum absolute atomic E-state index is 11.9. The molecule has 1 heterocycles. The monoisotopic (exact) mass is 255 g/mol. The molecule has 1 amide bonds. The summed E-state index contributed by atoms with van der Waals surface area (Å²) in [5, 5.41) is 3.34. The van der Waals surface area contributed by atoms with Gasteiger partial charge in [0.25, 0.3) is 0 Å². The van der Waals surface area contributed by atoms with Gasteiger partial charge in [-0.2, -0.15) is 0 Å². The molecule has 4 heteroatoms. The molecule has 106 valence electrons. The number of carbonyl (C=O) groups is 1. The van der Waals surface area contributed by atoms with Crippen LogP contribution in [0.2, 0.25) is 0 Å². The van der Waals surface area contributed by atoms with E-state index in [0.717, 1.165) is 26.1 Å². The van der Waals surface area contributed by atoms with Gasteiger partial charge >= 0.3 is 0 Å². The second kappa shape index (κ2) is 8.48. The van der Waals surface area contributed by atoms with Crippen molar-refractivity contribution in [2.45, 2.75) is 45.6 Å². The number of rotatable bonds is 8. The number of hydrogen-bond donors (Lipinski definition) is 1. The molecule has 1 fully saturated rings. The van der Waals surface area contributed by atoms with Crippen molar-refractivity contribution in [3.05, 3.63) is 0 Å². The topological polar surface area (TPSA) is 35.6 Å². The van der Waals surface area contributed by atoms with Crippen LogP contribution in [0.3, 0.4) is 0 Å². The van der Waals surface area contributed by atoms with Crippen LogP contribution in [0.4, 0.5) is 0 Å². The minimum absolute atomic E-state index is 0.278. The van der Waals surface area contributed by atoms with Gasteiger partial charge in [0.05, 0.1) is 0 Å². The largest absolute Gasteiger partial charge is 0.344 e. The predicted octanol–water partition coefficient (Wildman–Crippen LogP) is 1.32. The Morgan fingerprint density at radius 1 is 1.33 bits per heavy atom. The summed E-state index contributed by atoms with van der Waals surface area (Å²) < 4.78 is 0. The third-order valence-electron chi connectivity index (χ3n) is 3.50. The molecule has 4 nitrogen and oxygen atoms in total. The number of likely N-dealkylation sites (tertiary alicyclic amines) is 1. The van der Waals surface area contributed by atoms with Crippen LogP contribution in [0.15, 0.2) is 0 Å². The maximum atomic E-state index is 11.9. The number of nitrogens with zero attached hydrogens (tertiary/aromatic N) is 2. The number of carbonyl (C=O) groups excluding carboxylic acids is 1. The molecule has 0 radical (unpaired) electrons. The van der Waals surface area contributed by atoms with Gasteiger partial charge in [0, 0.05) is 32.6 Å². The summed E-state index contributed by atoms with van der Waals surface area (Å²) in [6.07, 6.45) is 4.23. The smallest absolute Gasteiger partial charge is 0.222 e. The molecular formula is C14H29N3O. The lowest BCUT2D eigenvalue weighted by Gasteiger charge is -2.21. The molecule has 0 aromatic carbocycles. The van der Waals surface area contributed by atoms with Crippen molar-refractivity contribution in [2.75, 3.05) is 39.8 Å². The van der Waals surface area contributed by atoms with E-state index < -0.39 is 0 Å². The molecule has 0 atom stereocenters. The average Bonchev–Trinajstić information content (AvgIpc) is 2.84. The molecule has 0 aliphatic carbocycles. The van der Waals surface area contributed by atoms with Crippen LogP contribution in [-0.4, -0.2) is 61.5 Å². The molecule has 1 saturated heterocycles. The first kappa shape index (κ1) is 15.4. The Bertz CT molecular complexity index is 237. The molecule has 1 aliphatic rings. The first-order valence-electron chi connectivity index (χ1n) is 7.29. The Morgan fingerprint density at radius 2 is 2.00 bits per heavy atom. The van der Waals surface area contributed by atoms with E-state index in [4.69, 9.17) is 0 Å². The Morgan fingerprint density at radius 3 is 2.61 bits per heavy atom. The van der Waals surface area contributed by atoms with E-state index in [9.17, 15) is 4.79 Å². The minimum atomic E-state index is 0.278. The van der Waals surface area contributed by atoms with Crippen molar-refractivity contribution in [1.82, 2.24) is 15.1 Å². The highest BCUT2D eigenvalue weighted by molar-refractivity contribution is 5.75. The van der Waals surface area contributed by atoms with E-state index in [1.54, 1.807) is 0 Å². The summed E-state index contributed by atoms with van der Waals surface area (Å²) >= 11 is 0. The quantitative estimate of drug-likeness (QED) is 0.665. The SMILES string of the molecule is CC(C)NCCCC(=O)N(C)CCN1CCCC1. The van der Waals surface area contributed by atoms with Gasteiger partial charge in [-0.3, -0.25) is 4.79 Å². The standard InChI is InChI=1S/C14H29N3O/c1-13(2)15-8-6-7-14(18)16(3)11-12-17-9-4-5-10-17/h13,15H,4-12H2,1-3H3. The van der Waals surface area contributed by atoms with Gasteiger partial charge in [0.1, 0.15) is 0 Å². The van der Waals surface area contributed by atoms with Gasteiger partial charge in [0.2, 0.25) is 5.91 Å². The first-order chi connectivity index (χ1) is 8.59. The normalized spacial score (nSPS) is 16.4. The molecule has 0 aromatic rings. The van der Waals surface area contributed by atoms with E-state index in [1.807, 2.05) is 11.9 Å². The molecule has 0 unspecified atom stereocenters. The number of hydrogen-bond acceptors (Lipinski definition) is 3. The predicted molar refractivity (Wildman–Crippen MR) is 75.7 cm³/mol. The Labute approximate surface area is 112 Å². The van der Waals surface area contributed by atoms with Crippen molar-refractivity contribution in [3.63, 3.8) is 0 Å². The van der Waals surface area contributed by atoms with Crippen LogP contribution in [0.5, 0.6) is 0 Å². The fourth-order valence-corrected chi connectivity index (χ4v) is 2.24. The second-order valence-corrected chi connectivity index (χ2v) is 5.58. The summed E-state index contributed by atoms with van der Waals surface area (Å²) in [5.74, 6) is 0.278. The summed E-state index contributed by atoms with van der Waals surface area (Å²) in [6, 6.07) is 0.507. The lowest BCUT2D eigenvalue weighted by atomic mass is 10.2. The highest BCUT2D eigenvalue weighted by atomic mass is 16.2. The molecule has 0 spiro atoms. The summed E-state index contributed by atoms with van der Waals surface area (Å²) in [6.45, 7) is 9.51.